The van der Waals surface area contributed by atoms with Gasteiger partial charge in [0.05, 0.1) is 6.54 Å². The Balaban J connectivity index is 2.01. The molecule has 90 valence electrons. The Morgan fingerprint density at radius 1 is 1.53 bits per heavy atom. The van der Waals surface area contributed by atoms with E-state index in [4.69, 9.17) is 0 Å². The number of hydrogen-bond donors (Lipinski definition) is 1. The van der Waals surface area contributed by atoms with Crippen LogP contribution >= 0.6 is 15.9 Å². The van der Waals surface area contributed by atoms with Crippen molar-refractivity contribution >= 4 is 15.9 Å². The van der Waals surface area contributed by atoms with Crippen LogP contribution in [0.25, 0.3) is 0 Å². The van der Waals surface area contributed by atoms with Gasteiger partial charge in [0, 0.05) is 10.5 Å². The van der Waals surface area contributed by atoms with Crippen molar-refractivity contribution < 1.29 is 8.91 Å². The Hall–Kier alpha value is -1.27. The zero-order valence-electron chi connectivity index (χ0n) is 9.15. The van der Waals surface area contributed by atoms with Crippen LogP contribution in [-0.2, 0) is 6.54 Å². The van der Waals surface area contributed by atoms with Crippen LogP contribution in [0.2, 0.25) is 0 Å². The van der Waals surface area contributed by atoms with Crippen molar-refractivity contribution in [1.82, 2.24) is 15.5 Å². The van der Waals surface area contributed by atoms with Crippen LogP contribution in [-0.4, -0.2) is 10.1 Å². The van der Waals surface area contributed by atoms with Gasteiger partial charge >= 0.3 is 0 Å². The fraction of sp³-hybridized carbons (Fsp3) is 0.273. The lowest BCUT2D eigenvalue weighted by atomic mass is 10.1. The molecule has 0 aliphatic heterocycles. The molecular formula is C11H11BrFN3O. The summed E-state index contributed by atoms with van der Waals surface area (Å²) in [7, 11) is 0. The predicted molar refractivity (Wildman–Crippen MR) is 63.7 cm³/mol. The number of rotatable bonds is 4. The van der Waals surface area contributed by atoms with Crippen LogP contribution in [0.1, 0.15) is 24.4 Å². The molecule has 0 saturated heterocycles. The Labute approximate surface area is 106 Å². The van der Waals surface area contributed by atoms with E-state index in [2.05, 4.69) is 35.9 Å². The monoisotopic (exact) mass is 299 g/mol. The van der Waals surface area contributed by atoms with Crippen molar-refractivity contribution in [1.29, 1.82) is 0 Å². The molecule has 1 aromatic carbocycles. The highest BCUT2D eigenvalue weighted by molar-refractivity contribution is 9.10. The molecule has 4 nitrogen and oxygen atoms in total. The maximum Gasteiger partial charge on any atom is 0.213 e. The third-order valence-electron chi connectivity index (χ3n) is 2.40. The molecule has 0 fully saturated rings. The lowest BCUT2D eigenvalue weighted by Crippen LogP contribution is -2.19. The molecule has 0 bridgehead atoms. The smallest absolute Gasteiger partial charge is 0.213 e. The van der Waals surface area contributed by atoms with Gasteiger partial charge in [0.25, 0.3) is 0 Å². The molecule has 0 amide bonds. The molecule has 2 rings (SSSR count). The maximum absolute atomic E-state index is 12.9. The standard InChI is InChI=1S/C11H11BrFN3O/c1-7(14-5-11-15-6-17-16-11)9-3-2-8(13)4-10(9)12/h2-4,6-7,14H,5H2,1H3. The summed E-state index contributed by atoms with van der Waals surface area (Å²) in [4.78, 5) is 3.91. The van der Waals surface area contributed by atoms with Crippen molar-refractivity contribution in [3.8, 4) is 0 Å². The van der Waals surface area contributed by atoms with E-state index >= 15 is 0 Å². The number of nitrogens with zero attached hydrogens (tertiary/aromatic N) is 2. The fourth-order valence-electron chi connectivity index (χ4n) is 1.48. The molecule has 0 aliphatic carbocycles. The van der Waals surface area contributed by atoms with Crippen LogP contribution in [0.5, 0.6) is 0 Å². The Morgan fingerprint density at radius 3 is 3.00 bits per heavy atom. The van der Waals surface area contributed by atoms with Gasteiger partial charge in [0.1, 0.15) is 5.82 Å². The minimum atomic E-state index is -0.258. The Kier molecular flexibility index (Phi) is 3.86. The number of halogens is 2. The van der Waals surface area contributed by atoms with Gasteiger partial charge < -0.3 is 9.84 Å². The van der Waals surface area contributed by atoms with Gasteiger partial charge in [-0.05, 0) is 24.6 Å². The van der Waals surface area contributed by atoms with E-state index in [1.54, 1.807) is 6.07 Å². The van der Waals surface area contributed by atoms with Gasteiger partial charge in [-0.3, -0.25) is 0 Å². The van der Waals surface area contributed by atoms with E-state index in [9.17, 15) is 4.39 Å². The zero-order valence-corrected chi connectivity index (χ0v) is 10.7. The molecule has 6 heteroatoms. The van der Waals surface area contributed by atoms with Crippen LogP contribution < -0.4 is 5.32 Å². The van der Waals surface area contributed by atoms with Crippen molar-refractivity contribution in [2.75, 3.05) is 0 Å². The molecule has 1 atom stereocenters. The van der Waals surface area contributed by atoms with Gasteiger partial charge in [-0.25, -0.2) is 4.39 Å². The van der Waals surface area contributed by atoms with E-state index in [1.807, 2.05) is 6.92 Å². The first-order valence-corrected chi connectivity index (χ1v) is 5.89. The summed E-state index contributed by atoms with van der Waals surface area (Å²) in [5, 5.41) is 6.92. The summed E-state index contributed by atoms with van der Waals surface area (Å²) in [5.74, 6) is 0.334. The Bertz CT molecular complexity index is 489. The average molecular weight is 300 g/mol. The van der Waals surface area contributed by atoms with E-state index in [0.29, 0.717) is 12.4 Å². The largest absolute Gasteiger partial charge is 0.343 e. The second-order valence-corrected chi connectivity index (χ2v) is 4.47. The lowest BCUT2D eigenvalue weighted by molar-refractivity contribution is 0.405. The minimum absolute atomic E-state index is 0.0588. The fourth-order valence-corrected chi connectivity index (χ4v) is 2.17. The van der Waals surface area contributed by atoms with Gasteiger partial charge in [0.2, 0.25) is 6.39 Å². The molecule has 0 aliphatic rings. The summed E-state index contributed by atoms with van der Waals surface area (Å²) in [6, 6.07) is 4.69. The highest BCUT2D eigenvalue weighted by Crippen LogP contribution is 2.24. The average Bonchev–Trinajstić information content (AvgIpc) is 2.78. The highest BCUT2D eigenvalue weighted by atomic mass is 79.9. The predicted octanol–water partition coefficient (Wildman–Crippen LogP) is 2.82. The minimum Gasteiger partial charge on any atom is -0.343 e. The van der Waals surface area contributed by atoms with Crippen LogP contribution in [0.3, 0.4) is 0 Å². The second-order valence-electron chi connectivity index (χ2n) is 3.62. The first-order valence-electron chi connectivity index (χ1n) is 5.10. The first kappa shape index (κ1) is 12.2. The normalized spacial score (nSPS) is 12.6. The van der Waals surface area contributed by atoms with Crippen LogP contribution in [0.4, 0.5) is 4.39 Å². The summed E-state index contributed by atoms with van der Waals surface area (Å²) >= 11 is 3.34. The SMILES string of the molecule is CC(NCc1ncon1)c1ccc(F)cc1Br. The molecule has 0 spiro atoms. The maximum atomic E-state index is 12.9. The van der Waals surface area contributed by atoms with Crippen LogP contribution in [0, 0.1) is 5.82 Å². The second kappa shape index (κ2) is 5.37. The summed E-state index contributed by atoms with van der Waals surface area (Å²) < 4.78 is 18.3. The van der Waals surface area contributed by atoms with Crippen molar-refractivity contribution in [3.05, 3.63) is 46.3 Å². The first-order chi connectivity index (χ1) is 8.16. The Morgan fingerprint density at radius 2 is 2.35 bits per heavy atom. The van der Waals surface area contributed by atoms with Crippen molar-refractivity contribution in [3.63, 3.8) is 0 Å². The van der Waals surface area contributed by atoms with Gasteiger partial charge in [-0.1, -0.05) is 27.2 Å². The molecule has 2 aromatic rings. The van der Waals surface area contributed by atoms with Gasteiger partial charge in [-0.15, -0.1) is 0 Å². The molecule has 0 saturated carbocycles. The third kappa shape index (κ3) is 3.10. The van der Waals surface area contributed by atoms with Crippen molar-refractivity contribution in [2.24, 2.45) is 0 Å². The lowest BCUT2D eigenvalue weighted by Gasteiger charge is -2.14. The number of hydrogen-bond acceptors (Lipinski definition) is 4. The molecule has 1 unspecified atom stereocenters. The molecule has 1 N–H and O–H groups in total. The van der Waals surface area contributed by atoms with E-state index in [1.165, 1.54) is 18.5 Å². The number of nitrogens with one attached hydrogen (secondary N) is 1. The molecular weight excluding hydrogens is 289 g/mol. The van der Waals surface area contributed by atoms with Crippen LogP contribution in [0.15, 0.2) is 33.6 Å². The van der Waals surface area contributed by atoms with E-state index < -0.39 is 0 Å². The van der Waals surface area contributed by atoms with Gasteiger partial charge in [-0.2, -0.15) is 4.98 Å². The topological polar surface area (TPSA) is 51.0 Å². The zero-order chi connectivity index (χ0) is 12.3. The molecule has 1 heterocycles. The van der Waals surface area contributed by atoms with E-state index in [-0.39, 0.29) is 11.9 Å². The van der Waals surface area contributed by atoms with E-state index in [0.717, 1.165) is 10.0 Å². The summed E-state index contributed by atoms with van der Waals surface area (Å²) in [5.41, 5.74) is 0.981. The third-order valence-corrected chi connectivity index (χ3v) is 3.09. The quantitative estimate of drug-likeness (QED) is 0.943. The number of benzene rings is 1. The number of aromatic nitrogens is 2. The highest BCUT2D eigenvalue weighted by Gasteiger charge is 2.10. The molecule has 17 heavy (non-hydrogen) atoms. The molecule has 1 aromatic heterocycles. The van der Waals surface area contributed by atoms with Gasteiger partial charge in [0.15, 0.2) is 5.82 Å². The van der Waals surface area contributed by atoms with Crippen molar-refractivity contribution in [2.45, 2.75) is 19.5 Å². The summed E-state index contributed by atoms with van der Waals surface area (Å²) in [6.07, 6.45) is 1.29. The molecule has 0 radical (unpaired) electrons. The summed E-state index contributed by atoms with van der Waals surface area (Å²) in [6.45, 7) is 2.49.